The average Bonchev–Trinajstić information content (AvgIpc) is 4.11. The molecular formula is C41H44N6O6S. The van der Waals surface area contributed by atoms with Crippen molar-refractivity contribution in [3.05, 3.63) is 97.1 Å². The van der Waals surface area contributed by atoms with Crippen molar-refractivity contribution in [2.24, 2.45) is 5.92 Å². The Kier molecular flexibility index (Phi) is 9.82. The van der Waals surface area contributed by atoms with Crippen LogP contribution in [0.15, 0.2) is 97.1 Å². The van der Waals surface area contributed by atoms with Gasteiger partial charge >= 0.3 is 0 Å². The van der Waals surface area contributed by atoms with Gasteiger partial charge in [-0.25, -0.2) is 13.4 Å². The molecule has 280 valence electrons. The summed E-state index contributed by atoms with van der Waals surface area (Å²) in [6, 6.07) is 25.0. The Morgan fingerprint density at radius 2 is 1.63 bits per heavy atom. The standard InChI is InChI=1S/C41H44N6O6S/c48-37-35-24-30(53-38-32-19-12-13-20-33(32)43-36(44-38)27-14-6-4-7-15-27)26-47(35)39(49)34(42-29-17-9-5-10-18-29)21-11-3-1-2-8-16-28-25-41(28,45-37)40(50)46-54(51,52)31-22-23-31/h4-10,12-20,28,30-31,34-35,42H,1-3,11,21-26H2,(H,45,48)(H,46,50)/b16-8-/t28-,30+,34-,35-,41+/m0/s1. The van der Waals surface area contributed by atoms with Gasteiger partial charge < -0.3 is 20.3 Å². The Bertz CT molecular complexity index is 2180. The maximum atomic E-state index is 14.7. The Hall–Kier alpha value is -5.30. The van der Waals surface area contributed by atoms with Gasteiger partial charge in [0.2, 0.25) is 27.7 Å². The second-order valence-electron chi connectivity index (χ2n) is 14.8. The third-order valence-corrected chi connectivity index (χ3v) is 12.7. The number of nitrogens with zero attached hydrogens (tertiary/aromatic N) is 3. The lowest BCUT2D eigenvalue weighted by atomic mass is 10.0. The van der Waals surface area contributed by atoms with Crippen LogP contribution in [-0.4, -0.2) is 76.5 Å². The highest BCUT2D eigenvalue weighted by molar-refractivity contribution is 7.91. The number of hydrogen-bond donors (Lipinski definition) is 3. The van der Waals surface area contributed by atoms with E-state index < -0.39 is 50.8 Å². The third-order valence-electron chi connectivity index (χ3n) is 10.8. The number of hydrogen-bond acceptors (Lipinski definition) is 9. The Labute approximate surface area is 314 Å². The first-order valence-electron chi connectivity index (χ1n) is 18.9. The molecule has 0 spiro atoms. The van der Waals surface area contributed by atoms with E-state index in [2.05, 4.69) is 15.4 Å². The van der Waals surface area contributed by atoms with Crippen LogP contribution in [0.4, 0.5) is 5.69 Å². The number of amides is 3. The molecule has 4 aromatic rings. The van der Waals surface area contributed by atoms with Crippen molar-refractivity contribution in [3.63, 3.8) is 0 Å². The minimum Gasteiger partial charge on any atom is -0.472 e. The zero-order chi connectivity index (χ0) is 37.3. The molecule has 54 heavy (non-hydrogen) atoms. The number of ether oxygens (including phenoxy) is 1. The molecule has 8 rings (SSSR count). The topological polar surface area (TPSA) is 160 Å². The smallest absolute Gasteiger partial charge is 0.259 e. The van der Waals surface area contributed by atoms with Crippen LogP contribution >= 0.6 is 0 Å². The van der Waals surface area contributed by atoms with Crippen LogP contribution in [-0.2, 0) is 24.4 Å². The number of rotatable bonds is 8. The summed E-state index contributed by atoms with van der Waals surface area (Å²) in [5, 5.41) is 6.48. The fourth-order valence-electron chi connectivity index (χ4n) is 7.59. The van der Waals surface area contributed by atoms with Gasteiger partial charge in [0.25, 0.3) is 5.91 Å². The molecule has 4 aliphatic rings. The van der Waals surface area contributed by atoms with Gasteiger partial charge in [-0.2, -0.15) is 4.98 Å². The van der Waals surface area contributed by atoms with Crippen molar-refractivity contribution in [2.45, 2.75) is 86.8 Å². The van der Waals surface area contributed by atoms with E-state index in [9.17, 15) is 22.8 Å². The van der Waals surface area contributed by atoms with E-state index in [-0.39, 0.29) is 31.2 Å². The first-order valence-corrected chi connectivity index (χ1v) is 20.4. The highest BCUT2D eigenvalue weighted by Crippen LogP contribution is 2.46. The lowest BCUT2D eigenvalue weighted by Crippen LogP contribution is -2.57. The zero-order valence-corrected chi connectivity index (χ0v) is 30.7. The minimum atomic E-state index is -3.86. The van der Waals surface area contributed by atoms with Gasteiger partial charge in [0.15, 0.2) is 5.82 Å². The van der Waals surface area contributed by atoms with Crippen LogP contribution < -0.4 is 20.1 Å². The summed E-state index contributed by atoms with van der Waals surface area (Å²) in [5.74, 6) is -1.08. The van der Waals surface area contributed by atoms with Gasteiger partial charge in [0.05, 0.1) is 22.7 Å². The molecule has 1 saturated heterocycles. The maximum absolute atomic E-state index is 14.7. The number of aromatic nitrogens is 2. The number of para-hydroxylation sites is 2. The molecule has 3 aromatic carbocycles. The average molecular weight is 749 g/mol. The normalized spacial score (nSPS) is 26.7. The summed E-state index contributed by atoms with van der Waals surface area (Å²) in [5.41, 5.74) is 0.853. The Morgan fingerprint density at radius 1 is 0.889 bits per heavy atom. The largest absolute Gasteiger partial charge is 0.472 e. The Balaban J connectivity index is 1.12. The predicted molar refractivity (Wildman–Crippen MR) is 205 cm³/mol. The number of carbonyl (C=O) groups excluding carboxylic acids is 3. The second kappa shape index (κ2) is 14.8. The summed E-state index contributed by atoms with van der Waals surface area (Å²) < 4.78 is 34.7. The van der Waals surface area contributed by atoms with Gasteiger partial charge in [0, 0.05) is 23.6 Å². The van der Waals surface area contributed by atoms with Crippen LogP contribution in [0.1, 0.15) is 57.8 Å². The van der Waals surface area contributed by atoms with E-state index in [0.29, 0.717) is 41.9 Å². The molecule has 0 bridgehead atoms. The first-order chi connectivity index (χ1) is 26.2. The van der Waals surface area contributed by atoms with Crippen molar-refractivity contribution in [2.75, 3.05) is 11.9 Å². The molecule has 0 radical (unpaired) electrons. The molecule has 2 aliphatic carbocycles. The van der Waals surface area contributed by atoms with E-state index in [1.165, 1.54) is 0 Å². The van der Waals surface area contributed by atoms with Crippen molar-refractivity contribution < 1.29 is 27.5 Å². The molecule has 5 atom stereocenters. The number of carbonyl (C=O) groups is 3. The number of sulfonamides is 1. The zero-order valence-electron chi connectivity index (χ0n) is 29.9. The molecule has 2 saturated carbocycles. The first kappa shape index (κ1) is 35.7. The highest BCUT2D eigenvalue weighted by Gasteiger charge is 2.62. The van der Waals surface area contributed by atoms with Gasteiger partial charge in [-0.05, 0) is 62.8 Å². The highest BCUT2D eigenvalue weighted by atomic mass is 32.2. The van der Waals surface area contributed by atoms with Crippen molar-refractivity contribution >= 4 is 44.3 Å². The van der Waals surface area contributed by atoms with Crippen LogP contribution in [0, 0.1) is 5.92 Å². The lowest BCUT2D eigenvalue weighted by molar-refractivity contribution is -0.140. The van der Waals surface area contributed by atoms with Gasteiger partial charge in [0.1, 0.15) is 23.7 Å². The fourth-order valence-corrected chi connectivity index (χ4v) is 8.96. The van der Waals surface area contributed by atoms with E-state index in [0.717, 1.165) is 36.9 Å². The fraction of sp³-hybridized carbons (Fsp3) is 0.390. The number of fused-ring (bicyclic) bond motifs is 3. The van der Waals surface area contributed by atoms with Crippen LogP contribution in [0.5, 0.6) is 5.88 Å². The molecule has 2 aliphatic heterocycles. The molecule has 1 aromatic heterocycles. The summed E-state index contributed by atoms with van der Waals surface area (Å²) in [6.45, 7) is 0.0987. The van der Waals surface area contributed by atoms with E-state index >= 15 is 0 Å². The minimum absolute atomic E-state index is 0.0987. The molecule has 13 heteroatoms. The molecule has 3 heterocycles. The second-order valence-corrected chi connectivity index (χ2v) is 16.8. The van der Waals surface area contributed by atoms with Crippen LogP contribution in [0.25, 0.3) is 22.3 Å². The SMILES string of the molecule is O=C1N[C@]2(C(=O)NS(=O)(=O)C3CC3)C[C@@H]2/C=C\CCCCC[C@H](Nc2ccccc2)C(=O)N2C[C@H](Oc3nc(-c4ccccc4)nc4ccccc34)C[C@@H]12. The number of benzene rings is 3. The van der Waals surface area contributed by atoms with Crippen molar-refractivity contribution in [3.8, 4) is 17.3 Å². The quantitative estimate of drug-likeness (QED) is 0.208. The molecule has 3 fully saturated rings. The van der Waals surface area contributed by atoms with Crippen molar-refractivity contribution in [1.29, 1.82) is 0 Å². The maximum Gasteiger partial charge on any atom is 0.259 e. The van der Waals surface area contributed by atoms with Crippen LogP contribution in [0.3, 0.4) is 0 Å². The van der Waals surface area contributed by atoms with Crippen LogP contribution in [0.2, 0.25) is 0 Å². The summed E-state index contributed by atoms with van der Waals surface area (Å²) in [6.07, 6.45) is 8.57. The van der Waals surface area contributed by atoms with Gasteiger partial charge in [-0.3, -0.25) is 19.1 Å². The monoisotopic (exact) mass is 748 g/mol. The summed E-state index contributed by atoms with van der Waals surface area (Å²) in [7, 11) is -3.86. The number of anilines is 1. The van der Waals surface area contributed by atoms with E-state index in [4.69, 9.17) is 14.7 Å². The molecule has 3 amide bonds. The summed E-state index contributed by atoms with van der Waals surface area (Å²) >= 11 is 0. The van der Waals surface area contributed by atoms with Crippen molar-refractivity contribution in [1.82, 2.24) is 24.9 Å². The van der Waals surface area contributed by atoms with E-state index in [1.54, 1.807) is 4.90 Å². The molecule has 0 unspecified atom stereocenters. The number of nitrogens with one attached hydrogen (secondary N) is 3. The molecular weight excluding hydrogens is 705 g/mol. The third kappa shape index (κ3) is 7.54. The Morgan fingerprint density at radius 3 is 2.41 bits per heavy atom. The number of allylic oxidation sites excluding steroid dienone is 1. The lowest BCUT2D eigenvalue weighted by Gasteiger charge is -2.30. The predicted octanol–water partition coefficient (Wildman–Crippen LogP) is 5.13. The summed E-state index contributed by atoms with van der Waals surface area (Å²) in [4.78, 5) is 54.1. The molecule has 12 nitrogen and oxygen atoms in total. The van der Waals surface area contributed by atoms with E-state index in [1.807, 2.05) is 97.1 Å². The van der Waals surface area contributed by atoms with Gasteiger partial charge in [-0.1, -0.05) is 85.7 Å². The molecule has 3 N–H and O–H groups in total. The van der Waals surface area contributed by atoms with Gasteiger partial charge in [-0.15, -0.1) is 0 Å².